The van der Waals surface area contributed by atoms with Crippen LogP contribution in [0.15, 0.2) is 54.6 Å². The average molecular weight is 591 g/mol. The van der Waals surface area contributed by atoms with Gasteiger partial charge in [-0.25, -0.2) is 9.59 Å². The number of hydrogen-bond donors (Lipinski definition) is 2. The molecule has 2 spiro atoms. The molecule has 224 valence electrons. The van der Waals surface area contributed by atoms with Gasteiger partial charge >= 0.3 is 17.9 Å². The molecule has 11 heteroatoms. The lowest BCUT2D eigenvalue weighted by Crippen LogP contribution is -2.66. The number of esters is 3. The van der Waals surface area contributed by atoms with Crippen LogP contribution in [0.25, 0.3) is 0 Å². The molecule has 11 nitrogen and oxygen atoms in total. The van der Waals surface area contributed by atoms with E-state index in [-0.39, 0.29) is 12.4 Å². The van der Waals surface area contributed by atoms with Crippen molar-refractivity contribution < 1.29 is 53.1 Å². The molecule has 0 amide bonds. The van der Waals surface area contributed by atoms with Gasteiger partial charge in [0, 0.05) is 23.0 Å². The van der Waals surface area contributed by atoms with Gasteiger partial charge in [-0.15, -0.1) is 0 Å². The lowest BCUT2D eigenvalue weighted by atomic mass is 9.52. The smallest absolute Gasteiger partial charge is 0.343 e. The highest BCUT2D eigenvalue weighted by atomic mass is 16.8. The largest absolute Gasteiger partial charge is 0.459 e. The number of ketones is 1. The monoisotopic (exact) mass is 590 g/mol. The molecule has 0 bridgehead atoms. The first-order chi connectivity index (χ1) is 20.5. The van der Waals surface area contributed by atoms with Crippen molar-refractivity contribution in [3.05, 3.63) is 71.3 Å². The lowest BCUT2D eigenvalue weighted by molar-refractivity contribution is -0.238. The Kier molecular flexibility index (Phi) is 5.20. The normalized spacial score (nSPS) is 46.6. The Morgan fingerprint density at radius 1 is 0.860 bits per heavy atom. The molecule has 43 heavy (non-hydrogen) atoms. The first-order valence-corrected chi connectivity index (χ1v) is 14.5. The molecular formula is C32H30O11. The minimum Gasteiger partial charge on any atom is -0.459 e. The Balaban J connectivity index is 1.18. The number of aliphatic hydroxyl groups is 2. The SMILES string of the molecule is C[C@@H]1[C@@H](O)C2OC(=O)[C@]34OC5OC(=O)[C@H](OCc6ccc(C(=O)c7ccccc7)cc6)C51C23[C@@H](C)[C@@H]1OC(=O)[C@@H](C)[C@@]14O. The topological polar surface area (TPSA) is 155 Å². The van der Waals surface area contributed by atoms with E-state index in [1.54, 1.807) is 62.4 Å². The third-order valence-electron chi connectivity index (χ3n) is 11.5. The number of carbonyl (C=O) groups excluding carboxylic acids is 4. The van der Waals surface area contributed by atoms with E-state index in [2.05, 4.69) is 0 Å². The Morgan fingerprint density at radius 2 is 1.53 bits per heavy atom. The van der Waals surface area contributed by atoms with Crippen LogP contribution < -0.4 is 0 Å². The number of carbonyl (C=O) groups is 4. The van der Waals surface area contributed by atoms with Crippen molar-refractivity contribution in [1.82, 2.24) is 0 Å². The van der Waals surface area contributed by atoms with Gasteiger partial charge in [0.2, 0.25) is 11.9 Å². The number of aliphatic hydroxyl groups excluding tert-OH is 1. The second-order valence-electron chi connectivity index (χ2n) is 12.8. The van der Waals surface area contributed by atoms with E-state index in [1.165, 1.54) is 6.92 Å². The van der Waals surface area contributed by atoms with Gasteiger partial charge in [0.25, 0.3) is 0 Å². The minimum absolute atomic E-state index is 0.0626. The molecular weight excluding hydrogens is 560 g/mol. The molecule has 6 aliphatic rings. The molecule has 4 heterocycles. The number of fused-ring (bicyclic) bond motifs is 1. The van der Waals surface area contributed by atoms with Gasteiger partial charge in [-0.3, -0.25) is 9.59 Å². The molecule has 2 aromatic carbocycles. The third-order valence-corrected chi connectivity index (χ3v) is 11.5. The van der Waals surface area contributed by atoms with E-state index in [0.717, 1.165) is 0 Å². The summed E-state index contributed by atoms with van der Waals surface area (Å²) in [6.45, 7) is 4.85. The fourth-order valence-electron chi connectivity index (χ4n) is 9.78. The molecule has 12 atom stereocenters. The minimum atomic E-state index is -2.14. The Morgan fingerprint density at radius 3 is 2.23 bits per heavy atom. The third kappa shape index (κ3) is 2.61. The summed E-state index contributed by atoms with van der Waals surface area (Å²) in [7, 11) is 0. The van der Waals surface area contributed by atoms with Crippen LogP contribution in [0, 0.1) is 28.6 Å². The Hall–Kier alpha value is -3.64. The number of hydrogen-bond acceptors (Lipinski definition) is 11. The van der Waals surface area contributed by atoms with Crippen LogP contribution in [-0.2, 0) is 44.7 Å². The van der Waals surface area contributed by atoms with E-state index in [4.69, 9.17) is 23.7 Å². The highest BCUT2D eigenvalue weighted by molar-refractivity contribution is 6.08. The van der Waals surface area contributed by atoms with Crippen LogP contribution in [0.3, 0.4) is 0 Å². The van der Waals surface area contributed by atoms with Gasteiger partial charge in [0.15, 0.2) is 17.5 Å². The molecule has 2 N–H and O–H groups in total. The van der Waals surface area contributed by atoms with Crippen molar-refractivity contribution in [2.45, 2.75) is 69.3 Å². The standard InChI is InChI=1S/C32H30O11/c1-14-20(33)23-30-15(2)22-31(38,16(3)25(35)40-22)32(30,27(37)41-23)43-28-29(14,30)24(26(36)42-28)39-13-17-9-11-19(12-10-17)21(34)18-7-5-4-6-8-18/h4-12,14-16,20,22-24,28,33,38H,13H2,1-3H3/t14-,15+,16-,20-,22+,23?,24+,28?,29?,30?,31-,32+/m1/s1. The molecule has 0 radical (unpaired) electrons. The fraction of sp³-hybridized carbons (Fsp3) is 0.500. The van der Waals surface area contributed by atoms with Crippen LogP contribution in [0.1, 0.15) is 42.3 Å². The zero-order valence-corrected chi connectivity index (χ0v) is 23.6. The summed E-state index contributed by atoms with van der Waals surface area (Å²) < 4.78 is 29.9. The molecule has 6 fully saturated rings. The highest BCUT2D eigenvalue weighted by Gasteiger charge is 3.03. The van der Waals surface area contributed by atoms with Crippen LogP contribution in [0.4, 0.5) is 0 Å². The van der Waals surface area contributed by atoms with Gasteiger partial charge in [-0.1, -0.05) is 68.4 Å². The first kappa shape index (κ1) is 26.9. The van der Waals surface area contributed by atoms with Crippen molar-refractivity contribution in [1.29, 1.82) is 0 Å². The van der Waals surface area contributed by atoms with E-state index in [1.807, 2.05) is 6.07 Å². The first-order valence-electron chi connectivity index (χ1n) is 14.5. The van der Waals surface area contributed by atoms with Crippen molar-refractivity contribution in [2.24, 2.45) is 28.6 Å². The van der Waals surface area contributed by atoms with Gasteiger partial charge in [0.05, 0.1) is 29.5 Å². The number of rotatable bonds is 5. The van der Waals surface area contributed by atoms with Crippen molar-refractivity contribution in [3.8, 4) is 0 Å². The quantitative estimate of drug-likeness (QED) is 0.294. The van der Waals surface area contributed by atoms with Crippen molar-refractivity contribution in [3.63, 3.8) is 0 Å². The second-order valence-corrected chi connectivity index (χ2v) is 12.8. The summed E-state index contributed by atoms with van der Waals surface area (Å²) in [6.07, 6.45) is -6.22. The Bertz CT molecular complexity index is 1590. The van der Waals surface area contributed by atoms with E-state index in [9.17, 15) is 29.4 Å². The zero-order chi connectivity index (χ0) is 30.3. The molecule has 4 unspecified atom stereocenters. The number of benzene rings is 2. The van der Waals surface area contributed by atoms with Gasteiger partial charge in [-0.2, -0.15) is 0 Å². The average Bonchev–Trinajstić information content (AvgIpc) is 3.71. The number of ether oxygens (including phenoxy) is 5. The fourth-order valence-corrected chi connectivity index (χ4v) is 9.78. The summed E-state index contributed by atoms with van der Waals surface area (Å²) in [5, 5.41) is 23.8. The predicted octanol–water partition coefficient (Wildman–Crippen LogP) is 1.31. The summed E-state index contributed by atoms with van der Waals surface area (Å²) in [5.41, 5.74) is -5.54. The van der Waals surface area contributed by atoms with E-state index < -0.39 is 88.4 Å². The summed E-state index contributed by atoms with van der Waals surface area (Å²) in [4.78, 5) is 52.9. The van der Waals surface area contributed by atoms with E-state index in [0.29, 0.717) is 16.7 Å². The molecule has 8 rings (SSSR count). The predicted molar refractivity (Wildman–Crippen MR) is 142 cm³/mol. The summed E-state index contributed by atoms with van der Waals surface area (Å²) >= 11 is 0. The van der Waals surface area contributed by atoms with Crippen LogP contribution in [-0.4, -0.2) is 75.8 Å². The molecule has 4 aliphatic heterocycles. The summed E-state index contributed by atoms with van der Waals surface area (Å²) in [5.74, 6) is -5.14. The highest BCUT2D eigenvalue weighted by Crippen LogP contribution is 2.84. The molecule has 4 saturated heterocycles. The molecule has 2 aliphatic carbocycles. The van der Waals surface area contributed by atoms with Crippen LogP contribution >= 0.6 is 0 Å². The van der Waals surface area contributed by atoms with Crippen LogP contribution in [0.2, 0.25) is 0 Å². The molecule has 0 aromatic heterocycles. The van der Waals surface area contributed by atoms with Gasteiger partial charge in [-0.05, 0) is 12.5 Å². The van der Waals surface area contributed by atoms with Crippen molar-refractivity contribution >= 4 is 23.7 Å². The maximum absolute atomic E-state index is 13.8. The van der Waals surface area contributed by atoms with E-state index >= 15 is 0 Å². The lowest BCUT2D eigenvalue weighted by Gasteiger charge is -2.45. The maximum atomic E-state index is 13.8. The molecule has 2 aromatic rings. The zero-order valence-electron chi connectivity index (χ0n) is 23.6. The second kappa shape index (κ2) is 8.29. The van der Waals surface area contributed by atoms with Gasteiger partial charge in [0.1, 0.15) is 12.2 Å². The van der Waals surface area contributed by atoms with Crippen LogP contribution in [0.5, 0.6) is 0 Å². The summed E-state index contributed by atoms with van der Waals surface area (Å²) in [6, 6.07) is 15.7. The molecule has 2 saturated carbocycles. The van der Waals surface area contributed by atoms with Gasteiger partial charge < -0.3 is 33.9 Å². The Labute approximate surface area is 246 Å². The maximum Gasteiger partial charge on any atom is 0.343 e. The van der Waals surface area contributed by atoms with Crippen molar-refractivity contribution in [2.75, 3.05) is 0 Å².